The van der Waals surface area contributed by atoms with Gasteiger partial charge in [0.25, 0.3) is 5.91 Å². The highest BCUT2D eigenvalue weighted by Gasteiger charge is 2.25. The van der Waals surface area contributed by atoms with Crippen LogP contribution in [0.3, 0.4) is 0 Å². The highest BCUT2D eigenvalue weighted by atomic mass is 19.1. The van der Waals surface area contributed by atoms with E-state index in [9.17, 15) is 14.0 Å². The van der Waals surface area contributed by atoms with Gasteiger partial charge in [-0.3, -0.25) is 9.59 Å². The number of rotatable bonds is 5. The molecule has 0 radical (unpaired) electrons. The van der Waals surface area contributed by atoms with Gasteiger partial charge in [-0.25, -0.2) is 4.39 Å². The van der Waals surface area contributed by atoms with Crippen molar-refractivity contribution in [2.75, 3.05) is 18.0 Å². The third-order valence-electron chi connectivity index (χ3n) is 4.57. The van der Waals surface area contributed by atoms with Crippen LogP contribution in [0, 0.1) is 12.7 Å². The van der Waals surface area contributed by atoms with E-state index < -0.39 is 0 Å². The molecule has 0 bridgehead atoms. The molecule has 4 nitrogen and oxygen atoms in total. The van der Waals surface area contributed by atoms with Crippen molar-refractivity contribution in [1.29, 1.82) is 0 Å². The summed E-state index contributed by atoms with van der Waals surface area (Å²) in [5.74, 6) is -0.573. The van der Waals surface area contributed by atoms with Gasteiger partial charge >= 0.3 is 0 Å². The maximum atomic E-state index is 14.4. The molecule has 1 aliphatic heterocycles. The summed E-state index contributed by atoms with van der Waals surface area (Å²) in [7, 11) is 0. The first-order chi connectivity index (χ1) is 12.6. The molecule has 1 aliphatic rings. The molecule has 5 heteroatoms. The quantitative estimate of drug-likeness (QED) is 0.834. The molecule has 1 heterocycles. The van der Waals surface area contributed by atoms with Gasteiger partial charge in [0.2, 0.25) is 5.91 Å². The van der Waals surface area contributed by atoms with Gasteiger partial charge < -0.3 is 10.2 Å². The Morgan fingerprint density at radius 3 is 2.73 bits per heavy atom. The second kappa shape index (κ2) is 8.13. The Bertz CT molecular complexity index is 805. The lowest BCUT2D eigenvalue weighted by atomic mass is 9.98. The van der Waals surface area contributed by atoms with Crippen LogP contribution in [0.5, 0.6) is 0 Å². The van der Waals surface area contributed by atoms with Crippen molar-refractivity contribution in [3.8, 4) is 0 Å². The van der Waals surface area contributed by atoms with Gasteiger partial charge in [-0.1, -0.05) is 24.3 Å². The summed E-state index contributed by atoms with van der Waals surface area (Å²) in [5.41, 5.74) is 2.81. The number of carbonyl (C=O) groups excluding carboxylic acids is 2. The number of hydrogen-bond acceptors (Lipinski definition) is 2. The molecular formula is C21H23FN2O2. The molecule has 0 spiro atoms. The van der Waals surface area contributed by atoms with Crippen molar-refractivity contribution in [2.24, 2.45) is 0 Å². The number of fused-ring (bicyclic) bond motifs is 1. The lowest BCUT2D eigenvalue weighted by Gasteiger charge is -2.30. The van der Waals surface area contributed by atoms with E-state index in [-0.39, 0.29) is 24.1 Å². The summed E-state index contributed by atoms with van der Waals surface area (Å²) in [5, 5.41) is 2.81. The van der Waals surface area contributed by atoms with Gasteiger partial charge in [-0.2, -0.15) is 0 Å². The van der Waals surface area contributed by atoms with Crippen LogP contribution in [0.25, 0.3) is 0 Å². The number of hydrogen-bond donors (Lipinski definition) is 1. The van der Waals surface area contributed by atoms with E-state index in [4.69, 9.17) is 0 Å². The Labute approximate surface area is 153 Å². The molecule has 0 saturated carbocycles. The van der Waals surface area contributed by atoms with Crippen LogP contribution in [0.1, 0.15) is 40.7 Å². The van der Waals surface area contributed by atoms with Crippen LogP contribution in [0.15, 0.2) is 42.5 Å². The summed E-state index contributed by atoms with van der Waals surface area (Å²) in [6, 6.07) is 12.4. The Morgan fingerprint density at radius 2 is 1.96 bits per heavy atom. The molecule has 136 valence electrons. The average molecular weight is 354 g/mol. The Balaban J connectivity index is 1.54. The van der Waals surface area contributed by atoms with Gasteiger partial charge in [-0.15, -0.1) is 0 Å². The van der Waals surface area contributed by atoms with Crippen molar-refractivity contribution < 1.29 is 14.0 Å². The van der Waals surface area contributed by atoms with E-state index in [1.807, 2.05) is 31.2 Å². The maximum absolute atomic E-state index is 14.4. The van der Waals surface area contributed by atoms with E-state index in [0.29, 0.717) is 30.8 Å². The topological polar surface area (TPSA) is 49.4 Å². The minimum atomic E-state index is -0.328. The molecule has 0 aliphatic carbocycles. The lowest BCUT2D eigenvalue weighted by molar-refractivity contribution is -0.118. The smallest absolute Gasteiger partial charge is 0.251 e. The number of carbonyl (C=O) groups is 2. The fourth-order valence-corrected chi connectivity index (χ4v) is 3.36. The molecule has 0 fully saturated rings. The maximum Gasteiger partial charge on any atom is 0.251 e. The Kier molecular flexibility index (Phi) is 5.66. The summed E-state index contributed by atoms with van der Waals surface area (Å²) in [6.07, 6.45) is 2.44. The highest BCUT2D eigenvalue weighted by Crippen LogP contribution is 2.31. The number of halogens is 1. The number of anilines is 1. The zero-order chi connectivity index (χ0) is 18.5. The van der Waals surface area contributed by atoms with Gasteiger partial charge in [0, 0.05) is 25.1 Å². The van der Waals surface area contributed by atoms with Gasteiger partial charge in [0.05, 0.1) is 5.69 Å². The summed E-state index contributed by atoms with van der Waals surface area (Å²) >= 11 is 0. The van der Waals surface area contributed by atoms with Gasteiger partial charge in [0.1, 0.15) is 5.82 Å². The molecule has 2 aromatic carbocycles. The van der Waals surface area contributed by atoms with Crippen molar-refractivity contribution in [2.45, 2.75) is 32.6 Å². The molecule has 3 rings (SSSR count). The molecule has 0 unspecified atom stereocenters. The first-order valence-corrected chi connectivity index (χ1v) is 8.99. The number of benzene rings is 2. The fraction of sp³-hybridized carbons (Fsp3) is 0.333. The van der Waals surface area contributed by atoms with Crippen LogP contribution in [-0.2, 0) is 11.2 Å². The number of amides is 2. The number of aryl methyl sites for hydroxylation is 2. The van der Waals surface area contributed by atoms with Crippen molar-refractivity contribution in [1.82, 2.24) is 5.32 Å². The van der Waals surface area contributed by atoms with Crippen LogP contribution in [0.2, 0.25) is 0 Å². The molecule has 0 saturated heterocycles. The van der Waals surface area contributed by atoms with Crippen LogP contribution in [-0.4, -0.2) is 24.9 Å². The zero-order valence-corrected chi connectivity index (χ0v) is 14.9. The molecule has 0 atom stereocenters. The first kappa shape index (κ1) is 18.1. The van der Waals surface area contributed by atoms with Crippen molar-refractivity contribution in [3.63, 3.8) is 0 Å². The fourth-order valence-electron chi connectivity index (χ4n) is 3.36. The SMILES string of the molecule is Cc1cc(F)c2c(c1)CCCN2C(=O)CCCNC(=O)c1ccccc1. The Morgan fingerprint density at radius 1 is 1.19 bits per heavy atom. The van der Waals surface area contributed by atoms with Crippen LogP contribution >= 0.6 is 0 Å². The van der Waals surface area contributed by atoms with E-state index in [1.54, 1.807) is 17.0 Å². The monoisotopic (exact) mass is 354 g/mol. The molecule has 2 aromatic rings. The molecule has 1 N–H and O–H groups in total. The number of nitrogens with zero attached hydrogens (tertiary/aromatic N) is 1. The van der Waals surface area contributed by atoms with E-state index in [1.165, 1.54) is 6.07 Å². The molecule has 2 amide bonds. The second-order valence-corrected chi connectivity index (χ2v) is 6.63. The predicted molar refractivity (Wildman–Crippen MR) is 99.8 cm³/mol. The summed E-state index contributed by atoms with van der Waals surface area (Å²) in [6.45, 7) is 2.82. The minimum Gasteiger partial charge on any atom is -0.352 e. The van der Waals surface area contributed by atoms with Gasteiger partial charge in [-0.05, 0) is 55.5 Å². The van der Waals surface area contributed by atoms with Crippen molar-refractivity contribution in [3.05, 3.63) is 65.0 Å². The van der Waals surface area contributed by atoms with Crippen LogP contribution < -0.4 is 10.2 Å². The first-order valence-electron chi connectivity index (χ1n) is 8.99. The summed E-state index contributed by atoms with van der Waals surface area (Å²) < 4.78 is 14.4. The molecule has 0 aromatic heterocycles. The summed E-state index contributed by atoms with van der Waals surface area (Å²) in [4.78, 5) is 26.1. The molecular weight excluding hydrogens is 331 g/mol. The predicted octanol–water partition coefficient (Wildman–Crippen LogP) is 3.62. The highest BCUT2D eigenvalue weighted by molar-refractivity contribution is 5.95. The number of nitrogens with one attached hydrogen (secondary N) is 1. The lowest BCUT2D eigenvalue weighted by Crippen LogP contribution is -2.36. The van der Waals surface area contributed by atoms with Crippen molar-refractivity contribution >= 4 is 17.5 Å². The Hall–Kier alpha value is -2.69. The zero-order valence-electron chi connectivity index (χ0n) is 14.9. The van der Waals surface area contributed by atoms with E-state index >= 15 is 0 Å². The van der Waals surface area contributed by atoms with E-state index in [2.05, 4.69) is 5.32 Å². The van der Waals surface area contributed by atoms with Crippen LogP contribution in [0.4, 0.5) is 10.1 Å². The van der Waals surface area contributed by atoms with Gasteiger partial charge in [0.15, 0.2) is 0 Å². The largest absolute Gasteiger partial charge is 0.352 e. The second-order valence-electron chi connectivity index (χ2n) is 6.63. The normalized spacial score (nSPS) is 13.2. The third kappa shape index (κ3) is 4.10. The standard InChI is InChI=1S/C21H23FN2O2/c1-15-13-17-9-6-12-24(20(17)18(22)14-15)19(25)10-5-11-23-21(26)16-7-3-2-4-8-16/h2-4,7-8,13-14H,5-6,9-12H2,1H3,(H,23,26). The third-order valence-corrected chi connectivity index (χ3v) is 4.57. The average Bonchev–Trinajstić information content (AvgIpc) is 2.64. The molecule has 26 heavy (non-hydrogen) atoms. The minimum absolute atomic E-state index is 0.0948. The van der Waals surface area contributed by atoms with E-state index in [0.717, 1.165) is 24.0 Å².